The lowest BCUT2D eigenvalue weighted by Crippen LogP contribution is -2.27. The number of benzene rings is 3. The smallest absolute Gasteiger partial charge is 0.293 e. The molecule has 0 aliphatic carbocycles. The number of imide groups is 1. The van der Waals surface area contributed by atoms with Crippen molar-refractivity contribution in [2.45, 2.75) is 6.54 Å². The van der Waals surface area contributed by atoms with E-state index in [9.17, 15) is 9.59 Å². The maximum absolute atomic E-state index is 12.9. The number of ether oxygens (including phenoxy) is 2. The topological polar surface area (TPSA) is 55.8 Å². The molecule has 2 amide bonds. The van der Waals surface area contributed by atoms with Gasteiger partial charge in [-0.3, -0.25) is 14.5 Å². The Hall–Kier alpha value is -3.25. The van der Waals surface area contributed by atoms with Crippen LogP contribution in [0, 0.1) is 0 Å². The van der Waals surface area contributed by atoms with Crippen LogP contribution in [0.2, 0.25) is 0 Å². The van der Waals surface area contributed by atoms with Crippen molar-refractivity contribution < 1.29 is 19.1 Å². The number of carbonyl (C=O) groups is 2. The molecule has 1 heterocycles. The Bertz CT molecular complexity index is 1120. The average molecular weight is 405 g/mol. The minimum atomic E-state index is -0.300. The Morgan fingerprint density at radius 2 is 1.72 bits per heavy atom. The van der Waals surface area contributed by atoms with Crippen LogP contribution in [0.1, 0.15) is 11.1 Å². The van der Waals surface area contributed by atoms with Gasteiger partial charge in [-0.15, -0.1) is 0 Å². The van der Waals surface area contributed by atoms with E-state index in [-0.39, 0.29) is 17.7 Å². The molecule has 1 aliphatic rings. The summed E-state index contributed by atoms with van der Waals surface area (Å²) in [4.78, 5) is 27.1. The van der Waals surface area contributed by atoms with E-state index < -0.39 is 0 Å². The second-order valence-electron chi connectivity index (χ2n) is 6.52. The van der Waals surface area contributed by atoms with Gasteiger partial charge < -0.3 is 9.47 Å². The Kier molecular flexibility index (Phi) is 5.27. The van der Waals surface area contributed by atoms with Gasteiger partial charge in [-0.05, 0) is 52.4 Å². The van der Waals surface area contributed by atoms with E-state index in [1.54, 1.807) is 20.3 Å². The molecule has 0 atom stereocenters. The van der Waals surface area contributed by atoms with E-state index >= 15 is 0 Å². The molecule has 0 bridgehead atoms. The molecule has 29 heavy (non-hydrogen) atoms. The van der Waals surface area contributed by atoms with Gasteiger partial charge in [0.05, 0.1) is 25.7 Å². The van der Waals surface area contributed by atoms with Crippen molar-refractivity contribution in [3.05, 3.63) is 76.7 Å². The van der Waals surface area contributed by atoms with Crippen LogP contribution in [-0.4, -0.2) is 30.3 Å². The quantitative estimate of drug-likeness (QED) is 0.553. The normalized spacial score (nSPS) is 15.4. The van der Waals surface area contributed by atoms with Crippen LogP contribution in [-0.2, 0) is 11.3 Å². The zero-order valence-electron chi connectivity index (χ0n) is 16.0. The lowest BCUT2D eigenvalue weighted by Gasteiger charge is -2.12. The van der Waals surface area contributed by atoms with E-state index in [2.05, 4.69) is 0 Å². The maximum atomic E-state index is 12.9. The van der Waals surface area contributed by atoms with Crippen LogP contribution in [0.15, 0.2) is 65.6 Å². The molecule has 0 radical (unpaired) electrons. The van der Waals surface area contributed by atoms with Crippen molar-refractivity contribution in [1.82, 2.24) is 4.90 Å². The monoisotopic (exact) mass is 405 g/mol. The molecule has 6 heteroatoms. The summed E-state index contributed by atoms with van der Waals surface area (Å²) in [6, 6.07) is 19.0. The van der Waals surface area contributed by atoms with E-state index in [4.69, 9.17) is 9.47 Å². The number of carbonyl (C=O) groups excluding carboxylic acids is 2. The van der Waals surface area contributed by atoms with Crippen LogP contribution in [0.5, 0.6) is 11.5 Å². The first-order valence-electron chi connectivity index (χ1n) is 9.04. The minimum Gasteiger partial charge on any atom is -0.497 e. The summed E-state index contributed by atoms with van der Waals surface area (Å²) in [7, 11) is 3.19. The number of thioether (sulfide) groups is 1. The second-order valence-corrected chi connectivity index (χ2v) is 7.52. The standard InChI is InChI=1S/C23H19NO4S/c1-27-17-10-8-16-9-11-20(28-2)19(18(16)12-17)13-21-22(25)24(23(26)29-21)14-15-6-4-3-5-7-15/h3-13H,14H2,1-2H3. The summed E-state index contributed by atoms with van der Waals surface area (Å²) in [5, 5.41) is 1.60. The summed E-state index contributed by atoms with van der Waals surface area (Å²) in [6.45, 7) is 0.253. The van der Waals surface area contributed by atoms with Gasteiger partial charge in [0.1, 0.15) is 11.5 Å². The molecule has 3 aromatic rings. The molecule has 3 aromatic carbocycles. The van der Waals surface area contributed by atoms with Crippen LogP contribution in [0.3, 0.4) is 0 Å². The van der Waals surface area contributed by atoms with E-state index in [0.717, 1.165) is 33.7 Å². The zero-order chi connectivity index (χ0) is 20.4. The van der Waals surface area contributed by atoms with Crippen molar-refractivity contribution in [2.24, 2.45) is 0 Å². The summed E-state index contributed by atoms with van der Waals surface area (Å²) < 4.78 is 10.9. The summed E-state index contributed by atoms with van der Waals surface area (Å²) >= 11 is 0.945. The Labute approximate surface area is 172 Å². The molecule has 146 valence electrons. The largest absolute Gasteiger partial charge is 0.497 e. The SMILES string of the molecule is COc1ccc2ccc(OC)c(C=C3SC(=O)N(Cc4ccccc4)C3=O)c2c1. The van der Waals surface area contributed by atoms with Crippen molar-refractivity contribution in [1.29, 1.82) is 0 Å². The molecular formula is C23H19NO4S. The summed E-state index contributed by atoms with van der Waals surface area (Å²) in [6.07, 6.45) is 1.73. The van der Waals surface area contributed by atoms with Gasteiger partial charge in [0.15, 0.2) is 0 Å². The fraction of sp³-hybridized carbons (Fsp3) is 0.130. The molecule has 5 nitrogen and oxygen atoms in total. The zero-order valence-corrected chi connectivity index (χ0v) is 16.9. The number of methoxy groups -OCH3 is 2. The van der Waals surface area contributed by atoms with Crippen LogP contribution < -0.4 is 9.47 Å². The van der Waals surface area contributed by atoms with Crippen LogP contribution in [0.4, 0.5) is 4.79 Å². The van der Waals surface area contributed by atoms with Crippen molar-refractivity contribution in [2.75, 3.05) is 14.2 Å². The third-order valence-electron chi connectivity index (χ3n) is 4.78. The van der Waals surface area contributed by atoms with Gasteiger partial charge in [0.2, 0.25) is 0 Å². The van der Waals surface area contributed by atoms with Gasteiger partial charge in [-0.25, -0.2) is 0 Å². The van der Waals surface area contributed by atoms with Gasteiger partial charge in [0.25, 0.3) is 11.1 Å². The Morgan fingerprint density at radius 3 is 2.45 bits per heavy atom. The summed E-state index contributed by atoms with van der Waals surface area (Å²) in [5.74, 6) is 1.03. The molecule has 1 fully saturated rings. The van der Waals surface area contributed by atoms with Crippen molar-refractivity contribution >= 4 is 39.8 Å². The molecule has 1 saturated heterocycles. The van der Waals surface area contributed by atoms with Gasteiger partial charge >= 0.3 is 0 Å². The lowest BCUT2D eigenvalue weighted by molar-refractivity contribution is -0.123. The Morgan fingerprint density at radius 1 is 0.966 bits per heavy atom. The fourth-order valence-electron chi connectivity index (χ4n) is 3.29. The minimum absolute atomic E-state index is 0.253. The first-order valence-corrected chi connectivity index (χ1v) is 9.86. The molecule has 1 aliphatic heterocycles. The molecule has 0 aromatic heterocycles. The molecule has 0 saturated carbocycles. The molecule has 0 unspecified atom stereocenters. The highest BCUT2D eigenvalue weighted by Gasteiger charge is 2.35. The van der Waals surface area contributed by atoms with Gasteiger partial charge in [-0.2, -0.15) is 0 Å². The lowest BCUT2D eigenvalue weighted by atomic mass is 10.0. The van der Waals surface area contributed by atoms with Crippen LogP contribution >= 0.6 is 11.8 Å². The first kappa shape index (κ1) is 19.1. The molecule has 0 N–H and O–H groups in total. The number of nitrogens with zero attached hydrogens (tertiary/aromatic N) is 1. The number of hydrogen-bond donors (Lipinski definition) is 0. The third kappa shape index (κ3) is 3.71. The third-order valence-corrected chi connectivity index (χ3v) is 5.69. The summed E-state index contributed by atoms with van der Waals surface area (Å²) in [5.41, 5.74) is 1.65. The maximum Gasteiger partial charge on any atom is 0.293 e. The number of fused-ring (bicyclic) bond motifs is 1. The first-order chi connectivity index (χ1) is 14.1. The second kappa shape index (κ2) is 8.01. The molecule has 4 rings (SSSR count). The van der Waals surface area contributed by atoms with Crippen LogP contribution in [0.25, 0.3) is 16.8 Å². The highest BCUT2D eigenvalue weighted by atomic mass is 32.2. The number of rotatable bonds is 5. The average Bonchev–Trinajstić information content (AvgIpc) is 3.01. The predicted molar refractivity (Wildman–Crippen MR) is 115 cm³/mol. The highest BCUT2D eigenvalue weighted by molar-refractivity contribution is 8.18. The Balaban J connectivity index is 1.75. The molecule has 0 spiro atoms. The van der Waals surface area contributed by atoms with Crippen molar-refractivity contribution in [3.63, 3.8) is 0 Å². The number of amides is 2. The number of hydrogen-bond acceptors (Lipinski definition) is 5. The van der Waals surface area contributed by atoms with Gasteiger partial charge in [0, 0.05) is 5.56 Å². The van der Waals surface area contributed by atoms with Crippen molar-refractivity contribution in [3.8, 4) is 11.5 Å². The van der Waals surface area contributed by atoms with E-state index in [0.29, 0.717) is 16.4 Å². The van der Waals surface area contributed by atoms with E-state index in [1.807, 2.05) is 60.7 Å². The highest BCUT2D eigenvalue weighted by Crippen LogP contribution is 2.38. The molecular weight excluding hydrogens is 386 g/mol. The predicted octanol–water partition coefficient (Wildman–Crippen LogP) is 5.09. The van der Waals surface area contributed by atoms with E-state index in [1.165, 1.54) is 4.90 Å². The fourth-order valence-corrected chi connectivity index (χ4v) is 4.11. The van der Waals surface area contributed by atoms with Gasteiger partial charge in [-0.1, -0.05) is 42.5 Å².